The predicted molar refractivity (Wildman–Crippen MR) is 89.3 cm³/mol. The van der Waals surface area contributed by atoms with Gasteiger partial charge in [-0.15, -0.1) is 0 Å². The summed E-state index contributed by atoms with van der Waals surface area (Å²) in [5.74, 6) is 1.55. The van der Waals surface area contributed by atoms with E-state index in [1.807, 2.05) is 0 Å². The lowest BCUT2D eigenvalue weighted by Gasteiger charge is -2.10. The van der Waals surface area contributed by atoms with Crippen molar-refractivity contribution in [2.45, 2.75) is 0 Å². The summed E-state index contributed by atoms with van der Waals surface area (Å²) in [5.41, 5.74) is 1.01. The van der Waals surface area contributed by atoms with Crippen molar-refractivity contribution >= 4 is 26.8 Å². The molecule has 1 aromatic carbocycles. The largest absolute Gasteiger partial charge is 0.481 e. The Bertz CT molecular complexity index is 974. The molecule has 0 spiro atoms. The molecule has 3 N–H and O–H groups in total. The number of pyridine rings is 2. The van der Waals surface area contributed by atoms with Crippen LogP contribution in [0.1, 0.15) is 0 Å². The summed E-state index contributed by atoms with van der Waals surface area (Å²) < 4.78 is 35.1. The maximum absolute atomic E-state index is 11.0. The van der Waals surface area contributed by atoms with Gasteiger partial charge >= 0.3 is 0 Å². The molecule has 0 amide bonds. The number of ether oxygens (including phenoxy) is 2. The van der Waals surface area contributed by atoms with Gasteiger partial charge in [-0.3, -0.25) is 9.71 Å². The van der Waals surface area contributed by atoms with Crippen LogP contribution in [0.4, 0.5) is 5.69 Å². The number of anilines is 1. The fourth-order valence-electron chi connectivity index (χ4n) is 2.09. The van der Waals surface area contributed by atoms with Gasteiger partial charge in [0.15, 0.2) is 0 Å². The molecule has 9 heteroatoms. The highest BCUT2D eigenvalue weighted by Gasteiger charge is 2.08. The predicted octanol–water partition coefficient (Wildman–Crippen LogP) is 2.05. The molecule has 3 rings (SSSR count). The van der Waals surface area contributed by atoms with Gasteiger partial charge in [-0.25, -0.2) is 10.1 Å². The lowest BCUT2D eigenvalue weighted by Crippen LogP contribution is -2.21. The van der Waals surface area contributed by atoms with E-state index in [1.54, 1.807) is 48.8 Å². The summed E-state index contributed by atoms with van der Waals surface area (Å²) >= 11 is 0. The zero-order valence-corrected chi connectivity index (χ0v) is 13.4. The standard InChI is InChI=1S/C15H14N4O4S/c1-22-15-8-12-13(9-18-15)17-7-6-14(12)23-11-4-2-10(3-5-11)19-24(16,20)21/h2-9,19H,1H3,(H2,16,20,21). The first kappa shape index (κ1) is 16.0. The van der Waals surface area contributed by atoms with Crippen LogP contribution < -0.4 is 19.3 Å². The first-order chi connectivity index (χ1) is 11.4. The van der Waals surface area contributed by atoms with E-state index in [4.69, 9.17) is 14.6 Å². The van der Waals surface area contributed by atoms with Gasteiger partial charge in [-0.05, 0) is 30.3 Å². The number of rotatable bonds is 5. The Morgan fingerprint density at radius 3 is 2.54 bits per heavy atom. The normalized spacial score (nSPS) is 11.2. The Balaban J connectivity index is 1.89. The van der Waals surface area contributed by atoms with E-state index >= 15 is 0 Å². The number of aromatic nitrogens is 2. The fraction of sp³-hybridized carbons (Fsp3) is 0.0667. The van der Waals surface area contributed by atoms with Crippen molar-refractivity contribution in [2.24, 2.45) is 5.14 Å². The Kier molecular flexibility index (Phi) is 4.19. The highest BCUT2D eigenvalue weighted by Crippen LogP contribution is 2.30. The average Bonchev–Trinajstić information content (AvgIpc) is 2.55. The molecule has 0 radical (unpaired) electrons. The van der Waals surface area contributed by atoms with Crippen LogP contribution in [0.25, 0.3) is 10.9 Å². The Morgan fingerprint density at radius 1 is 1.12 bits per heavy atom. The lowest BCUT2D eigenvalue weighted by atomic mass is 10.2. The topological polar surface area (TPSA) is 116 Å². The minimum Gasteiger partial charge on any atom is -0.481 e. The van der Waals surface area contributed by atoms with Crippen LogP contribution in [0, 0.1) is 0 Å². The molecule has 0 aliphatic carbocycles. The number of methoxy groups -OCH3 is 1. The number of nitrogens with two attached hydrogens (primary N) is 1. The van der Waals surface area contributed by atoms with Crippen molar-refractivity contribution in [1.82, 2.24) is 9.97 Å². The summed E-state index contributed by atoms with van der Waals surface area (Å²) in [4.78, 5) is 8.33. The number of benzene rings is 1. The lowest BCUT2D eigenvalue weighted by molar-refractivity contribution is 0.398. The third kappa shape index (κ3) is 3.70. The van der Waals surface area contributed by atoms with Crippen molar-refractivity contribution in [3.05, 3.63) is 48.8 Å². The number of nitrogens with zero attached hydrogens (tertiary/aromatic N) is 2. The molecule has 0 fully saturated rings. The second-order valence-corrected chi connectivity index (χ2v) is 6.12. The van der Waals surface area contributed by atoms with E-state index < -0.39 is 10.2 Å². The Morgan fingerprint density at radius 2 is 1.88 bits per heavy atom. The molecule has 3 aromatic rings. The van der Waals surface area contributed by atoms with Gasteiger partial charge in [0, 0.05) is 23.3 Å². The molecule has 0 atom stereocenters. The number of hydrogen-bond acceptors (Lipinski definition) is 6. The molecular weight excluding hydrogens is 332 g/mol. The molecule has 8 nitrogen and oxygen atoms in total. The van der Waals surface area contributed by atoms with E-state index in [0.717, 1.165) is 5.39 Å². The van der Waals surface area contributed by atoms with Crippen LogP contribution >= 0.6 is 0 Å². The summed E-state index contributed by atoms with van der Waals surface area (Å²) in [7, 11) is -2.28. The molecule has 0 saturated heterocycles. The van der Waals surface area contributed by atoms with Crippen LogP contribution in [0.2, 0.25) is 0 Å². The monoisotopic (exact) mass is 346 g/mol. The third-order valence-electron chi connectivity index (χ3n) is 3.11. The minimum absolute atomic E-state index is 0.343. The van der Waals surface area contributed by atoms with E-state index in [2.05, 4.69) is 14.7 Å². The molecule has 0 bridgehead atoms. The van der Waals surface area contributed by atoms with Gasteiger partial charge in [0.1, 0.15) is 11.5 Å². The van der Waals surface area contributed by atoms with Gasteiger partial charge in [0.25, 0.3) is 10.2 Å². The van der Waals surface area contributed by atoms with Gasteiger partial charge in [0.2, 0.25) is 5.88 Å². The van der Waals surface area contributed by atoms with E-state index in [0.29, 0.717) is 28.6 Å². The van der Waals surface area contributed by atoms with Gasteiger partial charge < -0.3 is 9.47 Å². The average molecular weight is 346 g/mol. The zero-order chi connectivity index (χ0) is 17.2. The smallest absolute Gasteiger partial charge is 0.296 e. The number of hydrogen-bond donors (Lipinski definition) is 2. The zero-order valence-electron chi connectivity index (χ0n) is 12.6. The highest BCUT2D eigenvalue weighted by atomic mass is 32.2. The fourth-order valence-corrected chi connectivity index (χ4v) is 2.55. The summed E-state index contributed by atoms with van der Waals surface area (Å²) in [6, 6.07) is 9.79. The molecule has 124 valence electrons. The van der Waals surface area contributed by atoms with Crippen LogP contribution in [0.3, 0.4) is 0 Å². The minimum atomic E-state index is -3.81. The van der Waals surface area contributed by atoms with Gasteiger partial charge in [-0.2, -0.15) is 8.42 Å². The molecule has 2 heterocycles. The number of nitrogens with one attached hydrogen (secondary N) is 1. The maximum atomic E-state index is 11.0. The van der Waals surface area contributed by atoms with Crippen molar-refractivity contribution in [3.8, 4) is 17.4 Å². The van der Waals surface area contributed by atoms with E-state index in [1.165, 1.54) is 7.11 Å². The summed E-state index contributed by atoms with van der Waals surface area (Å²) in [6.07, 6.45) is 3.21. The third-order valence-corrected chi connectivity index (χ3v) is 3.63. The second-order valence-electron chi connectivity index (χ2n) is 4.83. The van der Waals surface area contributed by atoms with Crippen LogP contribution in [0.5, 0.6) is 17.4 Å². The molecule has 0 aliphatic heterocycles. The summed E-state index contributed by atoms with van der Waals surface area (Å²) in [6.45, 7) is 0. The molecule has 0 unspecified atom stereocenters. The Labute approximate surface area is 138 Å². The van der Waals surface area contributed by atoms with Crippen molar-refractivity contribution in [2.75, 3.05) is 11.8 Å². The van der Waals surface area contributed by atoms with Crippen molar-refractivity contribution < 1.29 is 17.9 Å². The Hall–Kier alpha value is -2.91. The molecule has 24 heavy (non-hydrogen) atoms. The summed E-state index contributed by atoms with van der Waals surface area (Å²) in [5, 5.41) is 5.67. The van der Waals surface area contributed by atoms with Crippen LogP contribution in [0.15, 0.2) is 48.8 Å². The molecule has 0 aliphatic rings. The van der Waals surface area contributed by atoms with Gasteiger partial charge in [0.05, 0.1) is 18.8 Å². The van der Waals surface area contributed by atoms with Crippen molar-refractivity contribution in [3.63, 3.8) is 0 Å². The van der Waals surface area contributed by atoms with E-state index in [-0.39, 0.29) is 0 Å². The molecule has 2 aromatic heterocycles. The second kappa shape index (κ2) is 6.30. The van der Waals surface area contributed by atoms with Gasteiger partial charge in [-0.1, -0.05) is 0 Å². The SMILES string of the molecule is COc1cc2c(Oc3ccc(NS(N)(=O)=O)cc3)ccnc2cn1. The quantitative estimate of drug-likeness (QED) is 0.730. The molecular formula is C15H14N4O4S. The van der Waals surface area contributed by atoms with Crippen LogP contribution in [-0.2, 0) is 10.2 Å². The first-order valence-electron chi connectivity index (χ1n) is 6.82. The molecule has 0 saturated carbocycles. The van der Waals surface area contributed by atoms with Crippen molar-refractivity contribution in [1.29, 1.82) is 0 Å². The number of fused-ring (bicyclic) bond motifs is 1. The van der Waals surface area contributed by atoms with E-state index in [9.17, 15) is 8.42 Å². The highest BCUT2D eigenvalue weighted by molar-refractivity contribution is 7.90. The van der Waals surface area contributed by atoms with Crippen LogP contribution in [-0.4, -0.2) is 25.5 Å². The maximum Gasteiger partial charge on any atom is 0.296 e. The first-order valence-corrected chi connectivity index (χ1v) is 8.36.